The summed E-state index contributed by atoms with van der Waals surface area (Å²) in [5.41, 5.74) is -0.284. The van der Waals surface area contributed by atoms with Gasteiger partial charge in [-0.2, -0.15) is 0 Å². The molecular weight excluding hydrogens is 400 g/mol. The van der Waals surface area contributed by atoms with Gasteiger partial charge in [0, 0.05) is 16.7 Å². The molecule has 0 bridgehead atoms. The van der Waals surface area contributed by atoms with Crippen LogP contribution in [-0.4, -0.2) is 79.2 Å². The number of benzene rings is 2. The minimum atomic E-state index is -3.06. The molecule has 1 aliphatic heterocycles. The number of aromatic hydroxyl groups is 1. The Bertz CT molecular complexity index is 1030. The smallest absolute Gasteiger partial charge is 0.355 e. The van der Waals surface area contributed by atoms with Crippen LogP contribution in [0.3, 0.4) is 0 Å². The number of ether oxygens (including phenoxy) is 2. The summed E-state index contributed by atoms with van der Waals surface area (Å²) in [6, 6.07) is 8.28. The van der Waals surface area contributed by atoms with Crippen LogP contribution in [0.2, 0.25) is 0 Å². The first kappa shape index (κ1) is 20.4. The van der Waals surface area contributed by atoms with Gasteiger partial charge in [0.2, 0.25) is 0 Å². The summed E-state index contributed by atoms with van der Waals surface area (Å²) in [7, 11) is 0. The van der Waals surface area contributed by atoms with Crippen molar-refractivity contribution in [3.63, 3.8) is 0 Å². The number of carbonyl (C=O) groups excluding carboxylic acids is 2. The van der Waals surface area contributed by atoms with Crippen LogP contribution in [0.4, 0.5) is 0 Å². The molecule has 6 N–H and O–H groups in total. The van der Waals surface area contributed by atoms with Gasteiger partial charge in [-0.15, -0.1) is 0 Å². The van der Waals surface area contributed by atoms with E-state index in [0.29, 0.717) is 0 Å². The second-order valence-corrected chi connectivity index (χ2v) is 7.04. The van der Waals surface area contributed by atoms with Gasteiger partial charge in [0.05, 0.1) is 12.2 Å². The molecule has 2 aromatic carbocycles. The average molecular weight is 418 g/mol. The zero-order valence-electron chi connectivity index (χ0n) is 15.3. The molecule has 1 heterocycles. The Labute approximate surface area is 169 Å². The third kappa shape index (κ3) is 2.89. The Balaban J connectivity index is 1.82. The number of carbonyl (C=O) groups is 2. The fraction of sp³-hybridized carbons (Fsp3) is 0.300. The molecule has 1 fully saturated rings. The van der Waals surface area contributed by atoms with E-state index in [-0.39, 0.29) is 22.3 Å². The first-order chi connectivity index (χ1) is 14.2. The van der Waals surface area contributed by atoms with Crippen LogP contribution in [0.1, 0.15) is 31.8 Å². The highest BCUT2D eigenvalue weighted by Crippen LogP contribution is 2.42. The number of aliphatic hydroxyl groups excluding tert-OH is 4. The Hall–Kier alpha value is -2.86. The highest BCUT2D eigenvalue weighted by molar-refractivity contribution is 6.29. The lowest BCUT2D eigenvalue weighted by Crippen LogP contribution is -2.67. The van der Waals surface area contributed by atoms with Crippen LogP contribution >= 0.6 is 0 Å². The number of aliphatic hydroxyl groups is 5. The normalized spacial score (nSPS) is 30.6. The first-order valence-electron chi connectivity index (χ1n) is 8.98. The molecule has 1 aliphatic carbocycles. The summed E-state index contributed by atoms with van der Waals surface area (Å²) >= 11 is 0. The summed E-state index contributed by atoms with van der Waals surface area (Å²) in [5, 5.41) is 60.3. The molecule has 0 amide bonds. The lowest BCUT2D eigenvalue weighted by Gasteiger charge is -2.44. The van der Waals surface area contributed by atoms with Crippen molar-refractivity contribution in [1.29, 1.82) is 0 Å². The first-order valence-corrected chi connectivity index (χ1v) is 8.98. The summed E-state index contributed by atoms with van der Waals surface area (Å²) in [5.74, 6) is -5.58. The topological polar surface area (TPSA) is 174 Å². The number of hydrogen-bond acceptors (Lipinski definition) is 10. The van der Waals surface area contributed by atoms with E-state index < -0.39 is 60.1 Å². The van der Waals surface area contributed by atoms with Crippen molar-refractivity contribution >= 4 is 11.6 Å². The maximum atomic E-state index is 13.0. The molecule has 2 aromatic rings. The molecule has 10 heteroatoms. The van der Waals surface area contributed by atoms with Crippen LogP contribution in [0, 0.1) is 0 Å². The van der Waals surface area contributed by atoms with Crippen molar-refractivity contribution in [2.24, 2.45) is 0 Å². The summed E-state index contributed by atoms with van der Waals surface area (Å²) in [4.78, 5) is 25.8. The average Bonchev–Trinajstić information content (AvgIpc) is 2.74. The second-order valence-electron chi connectivity index (χ2n) is 7.04. The number of ketones is 2. The van der Waals surface area contributed by atoms with E-state index in [1.165, 1.54) is 18.2 Å². The summed E-state index contributed by atoms with van der Waals surface area (Å²) in [6.07, 6.45) is -7.52. The zero-order chi connectivity index (χ0) is 21.8. The van der Waals surface area contributed by atoms with Crippen molar-refractivity contribution in [1.82, 2.24) is 0 Å². The number of phenols is 1. The van der Waals surface area contributed by atoms with Gasteiger partial charge in [-0.1, -0.05) is 24.3 Å². The molecule has 0 radical (unpaired) electrons. The number of hydrogen-bond donors (Lipinski definition) is 6. The van der Waals surface area contributed by atoms with Crippen molar-refractivity contribution in [2.45, 2.75) is 30.4 Å². The van der Waals surface area contributed by atoms with E-state index in [1.54, 1.807) is 12.1 Å². The van der Waals surface area contributed by atoms with Crippen molar-refractivity contribution < 1.29 is 49.7 Å². The third-order valence-electron chi connectivity index (χ3n) is 5.20. The van der Waals surface area contributed by atoms with E-state index in [1.807, 2.05) is 0 Å². The zero-order valence-corrected chi connectivity index (χ0v) is 15.3. The highest BCUT2D eigenvalue weighted by atomic mass is 16.8. The van der Waals surface area contributed by atoms with E-state index >= 15 is 0 Å². The standard InChI is InChI=1S/C20H18O10/c21-7-12-16(25)17(26)19(27)20(28,29-12)30-18-11(22)6-5-10-13(18)15(24)9-4-2-1-3-8(9)14(10)23/h1-6,12,16-17,19,21-22,25-28H,7H2/t12-,16-,17+,19-,20+/m1/s1. The Morgan fingerprint density at radius 3 is 2.20 bits per heavy atom. The largest absolute Gasteiger partial charge is 0.504 e. The van der Waals surface area contributed by atoms with Crippen molar-refractivity contribution in [2.75, 3.05) is 6.61 Å². The van der Waals surface area contributed by atoms with Gasteiger partial charge < -0.3 is 40.1 Å². The molecule has 2 aliphatic rings. The summed E-state index contributed by atoms with van der Waals surface area (Å²) < 4.78 is 10.3. The molecule has 158 valence electrons. The van der Waals surface area contributed by atoms with E-state index in [0.717, 1.165) is 6.07 Å². The number of phenolic OH excluding ortho intramolecular Hbond substituents is 1. The van der Waals surface area contributed by atoms with E-state index in [9.17, 15) is 40.2 Å². The number of fused-ring (bicyclic) bond motifs is 2. The monoisotopic (exact) mass is 418 g/mol. The van der Waals surface area contributed by atoms with Gasteiger partial charge in [0.15, 0.2) is 29.2 Å². The van der Waals surface area contributed by atoms with Crippen molar-refractivity contribution in [3.05, 3.63) is 58.7 Å². The van der Waals surface area contributed by atoms with Gasteiger partial charge in [-0.3, -0.25) is 9.59 Å². The Morgan fingerprint density at radius 1 is 0.933 bits per heavy atom. The van der Waals surface area contributed by atoms with Crippen LogP contribution in [0.5, 0.6) is 11.5 Å². The molecule has 4 rings (SSSR count). The predicted molar refractivity (Wildman–Crippen MR) is 97.0 cm³/mol. The molecule has 1 saturated heterocycles. The molecule has 0 unspecified atom stereocenters. The molecule has 0 spiro atoms. The lowest BCUT2D eigenvalue weighted by molar-refractivity contribution is -0.422. The van der Waals surface area contributed by atoms with Crippen LogP contribution in [0.15, 0.2) is 36.4 Å². The summed E-state index contributed by atoms with van der Waals surface area (Å²) in [6.45, 7) is -0.847. The third-order valence-corrected chi connectivity index (χ3v) is 5.20. The van der Waals surface area contributed by atoms with Gasteiger partial charge in [0.25, 0.3) is 0 Å². The second kappa shape index (κ2) is 7.13. The highest BCUT2D eigenvalue weighted by Gasteiger charge is 2.56. The number of rotatable bonds is 3. The maximum Gasteiger partial charge on any atom is 0.355 e. The minimum Gasteiger partial charge on any atom is -0.504 e. The SMILES string of the molecule is O=C1c2ccccc2C(=O)c2c1ccc(O)c2O[C@@]1(O)O[C@H](CO)[C@@H](O)[C@H](O)[C@H]1O. The predicted octanol–water partition coefficient (Wildman–Crippen LogP) is -1.33. The maximum absolute atomic E-state index is 13.0. The lowest BCUT2D eigenvalue weighted by atomic mass is 9.83. The van der Waals surface area contributed by atoms with E-state index in [2.05, 4.69) is 0 Å². The fourth-order valence-corrected chi connectivity index (χ4v) is 3.60. The Morgan fingerprint density at radius 2 is 1.57 bits per heavy atom. The molecule has 0 saturated carbocycles. The van der Waals surface area contributed by atoms with Gasteiger partial charge in [-0.05, 0) is 12.1 Å². The molecular formula is C20H18O10. The molecule has 0 aromatic heterocycles. The Kier molecular flexibility index (Phi) is 4.85. The van der Waals surface area contributed by atoms with Crippen LogP contribution < -0.4 is 4.74 Å². The van der Waals surface area contributed by atoms with Gasteiger partial charge in [-0.25, -0.2) is 0 Å². The molecule has 10 nitrogen and oxygen atoms in total. The van der Waals surface area contributed by atoms with E-state index in [4.69, 9.17) is 9.47 Å². The van der Waals surface area contributed by atoms with Crippen molar-refractivity contribution in [3.8, 4) is 11.5 Å². The van der Waals surface area contributed by atoms with Gasteiger partial charge >= 0.3 is 5.97 Å². The van der Waals surface area contributed by atoms with Gasteiger partial charge in [0.1, 0.15) is 18.3 Å². The quantitative estimate of drug-likeness (QED) is 0.280. The fourth-order valence-electron chi connectivity index (χ4n) is 3.60. The van der Waals surface area contributed by atoms with Crippen LogP contribution in [0.25, 0.3) is 0 Å². The molecule has 5 atom stereocenters. The van der Waals surface area contributed by atoms with Crippen LogP contribution in [-0.2, 0) is 4.74 Å². The minimum absolute atomic E-state index is 0.0474. The molecule has 30 heavy (non-hydrogen) atoms.